The molecule has 0 saturated carbocycles. The molecule has 3 amide bonds. The van der Waals surface area contributed by atoms with Crippen molar-refractivity contribution in [1.29, 1.82) is 0 Å². The van der Waals surface area contributed by atoms with Crippen LogP contribution in [0, 0.1) is 0 Å². The maximum atomic E-state index is 12.1. The quantitative estimate of drug-likeness (QED) is 0.579. The highest BCUT2D eigenvalue weighted by Crippen LogP contribution is 2.12. The maximum absolute atomic E-state index is 12.1. The summed E-state index contributed by atoms with van der Waals surface area (Å²) in [7, 11) is 1.82. The largest absolute Gasteiger partial charge is 0.444 e. The number of nitrogens with zero attached hydrogens (tertiary/aromatic N) is 4. The van der Waals surface area contributed by atoms with E-state index in [1.807, 2.05) is 39.6 Å². The summed E-state index contributed by atoms with van der Waals surface area (Å²) in [6.45, 7) is 14.8. The van der Waals surface area contributed by atoms with Crippen LogP contribution in [0.2, 0.25) is 0 Å². The molecule has 0 radical (unpaired) electrons. The van der Waals surface area contributed by atoms with Crippen molar-refractivity contribution in [3.05, 3.63) is 0 Å². The first-order valence-corrected chi connectivity index (χ1v) is 10.7. The van der Waals surface area contributed by atoms with Gasteiger partial charge in [-0.05, 0) is 33.6 Å². The van der Waals surface area contributed by atoms with Crippen LogP contribution in [0.15, 0.2) is 0 Å². The second-order valence-electron chi connectivity index (χ2n) is 8.73. The zero-order valence-electron chi connectivity index (χ0n) is 19.2. The van der Waals surface area contributed by atoms with Crippen LogP contribution in [-0.2, 0) is 14.3 Å². The number of carbonyl (C=O) groups excluding carboxylic acids is 3. The molecule has 0 spiro atoms. The molecule has 1 aliphatic heterocycles. The lowest BCUT2D eigenvalue weighted by Gasteiger charge is -2.36. The molecule has 168 valence electrons. The fraction of sp³-hybridized carbons (Fsp3) is 0.857. The summed E-state index contributed by atoms with van der Waals surface area (Å²) in [5, 5.41) is 0. The molecule has 1 rings (SSSR count). The van der Waals surface area contributed by atoms with Crippen LogP contribution >= 0.6 is 0 Å². The lowest BCUT2D eigenvalue weighted by atomic mass is 10.2. The van der Waals surface area contributed by atoms with Crippen LogP contribution in [-0.4, -0.2) is 103 Å². The van der Waals surface area contributed by atoms with E-state index in [2.05, 4.69) is 4.90 Å². The van der Waals surface area contributed by atoms with Gasteiger partial charge in [-0.15, -0.1) is 0 Å². The summed E-state index contributed by atoms with van der Waals surface area (Å²) in [4.78, 5) is 43.5. The van der Waals surface area contributed by atoms with Gasteiger partial charge in [0, 0.05) is 72.8 Å². The van der Waals surface area contributed by atoms with Gasteiger partial charge in [0.15, 0.2) is 0 Å². The summed E-state index contributed by atoms with van der Waals surface area (Å²) in [6.07, 6.45) is 1.94. The predicted octanol–water partition coefficient (Wildman–Crippen LogP) is 2.04. The second kappa shape index (κ2) is 12.0. The minimum Gasteiger partial charge on any atom is -0.444 e. The van der Waals surface area contributed by atoms with E-state index in [0.717, 1.165) is 32.5 Å². The van der Waals surface area contributed by atoms with Gasteiger partial charge in [0.05, 0.1) is 0 Å². The van der Waals surface area contributed by atoms with E-state index in [9.17, 15) is 14.4 Å². The summed E-state index contributed by atoms with van der Waals surface area (Å²) >= 11 is 0. The van der Waals surface area contributed by atoms with Crippen LogP contribution in [0.5, 0.6) is 0 Å². The molecular weight excluding hydrogens is 372 g/mol. The lowest BCUT2D eigenvalue weighted by Crippen LogP contribution is -2.51. The first-order valence-electron chi connectivity index (χ1n) is 10.7. The molecule has 1 heterocycles. The zero-order chi connectivity index (χ0) is 22.0. The molecule has 1 fully saturated rings. The van der Waals surface area contributed by atoms with E-state index in [4.69, 9.17) is 4.74 Å². The lowest BCUT2D eigenvalue weighted by molar-refractivity contribution is -0.130. The van der Waals surface area contributed by atoms with Crippen molar-refractivity contribution >= 4 is 17.9 Å². The van der Waals surface area contributed by atoms with E-state index in [0.29, 0.717) is 39.1 Å². The van der Waals surface area contributed by atoms with Crippen molar-refractivity contribution in [2.75, 3.05) is 59.4 Å². The molecule has 8 heteroatoms. The molecule has 8 nitrogen and oxygen atoms in total. The molecular formula is C21H40N4O4. The van der Waals surface area contributed by atoms with Crippen LogP contribution in [0.4, 0.5) is 4.79 Å². The monoisotopic (exact) mass is 412 g/mol. The highest BCUT2D eigenvalue weighted by Gasteiger charge is 2.26. The molecule has 29 heavy (non-hydrogen) atoms. The number of carbonyl (C=O) groups is 3. The molecule has 1 aliphatic rings. The Balaban J connectivity index is 2.34. The van der Waals surface area contributed by atoms with Crippen molar-refractivity contribution in [3.8, 4) is 0 Å². The van der Waals surface area contributed by atoms with Gasteiger partial charge in [0.2, 0.25) is 11.8 Å². The van der Waals surface area contributed by atoms with Crippen LogP contribution < -0.4 is 0 Å². The Hall–Kier alpha value is -1.83. The number of hydrogen-bond acceptors (Lipinski definition) is 5. The molecule has 0 bridgehead atoms. The standard InChI is InChI=1S/C21H40N4O4/c1-7-9-19(27)22(6)10-8-11-24(18(2)26)15-12-23-13-16-25(17-14-23)20(28)29-21(3,4)5/h7-17H2,1-6H3. The van der Waals surface area contributed by atoms with Crippen molar-refractivity contribution in [2.45, 2.75) is 59.5 Å². The van der Waals surface area contributed by atoms with Crippen molar-refractivity contribution in [1.82, 2.24) is 19.6 Å². The average Bonchev–Trinajstić information content (AvgIpc) is 2.63. The van der Waals surface area contributed by atoms with E-state index in [1.165, 1.54) is 0 Å². The van der Waals surface area contributed by atoms with Gasteiger partial charge in [-0.3, -0.25) is 14.5 Å². The fourth-order valence-corrected chi connectivity index (χ4v) is 3.20. The van der Waals surface area contributed by atoms with Gasteiger partial charge in [-0.1, -0.05) is 6.92 Å². The normalized spacial score (nSPS) is 15.2. The van der Waals surface area contributed by atoms with Gasteiger partial charge < -0.3 is 19.4 Å². The Morgan fingerprint density at radius 2 is 1.62 bits per heavy atom. The molecule has 1 saturated heterocycles. The molecule has 0 atom stereocenters. The number of hydrogen-bond donors (Lipinski definition) is 0. The Kier molecular flexibility index (Phi) is 10.4. The maximum Gasteiger partial charge on any atom is 0.410 e. The Morgan fingerprint density at radius 1 is 1.00 bits per heavy atom. The van der Waals surface area contributed by atoms with E-state index >= 15 is 0 Å². The van der Waals surface area contributed by atoms with Crippen molar-refractivity contribution in [3.63, 3.8) is 0 Å². The second-order valence-corrected chi connectivity index (χ2v) is 8.73. The number of amides is 3. The molecule has 0 aliphatic carbocycles. The summed E-state index contributed by atoms with van der Waals surface area (Å²) in [6, 6.07) is 0. The highest BCUT2D eigenvalue weighted by molar-refractivity contribution is 5.75. The van der Waals surface area contributed by atoms with Gasteiger partial charge in [0.25, 0.3) is 0 Å². The molecule has 0 N–H and O–H groups in total. The van der Waals surface area contributed by atoms with Gasteiger partial charge in [0.1, 0.15) is 5.60 Å². The van der Waals surface area contributed by atoms with Gasteiger partial charge in [-0.2, -0.15) is 0 Å². The predicted molar refractivity (Wildman–Crippen MR) is 114 cm³/mol. The molecule has 0 unspecified atom stereocenters. The number of piperazine rings is 1. The molecule has 0 aromatic heterocycles. The molecule has 0 aromatic carbocycles. The summed E-state index contributed by atoms with van der Waals surface area (Å²) < 4.78 is 5.43. The van der Waals surface area contributed by atoms with E-state index in [-0.39, 0.29) is 17.9 Å². The smallest absolute Gasteiger partial charge is 0.410 e. The Morgan fingerprint density at radius 3 is 2.14 bits per heavy atom. The Bertz CT molecular complexity index is 539. The minimum absolute atomic E-state index is 0.0555. The molecule has 0 aromatic rings. The van der Waals surface area contributed by atoms with Gasteiger partial charge in [-0.25, -0.2) is 4.79 Å². The topological polar surface area (TPSA) is 73.4 Å². The third-order valence-corrected chi connectivity index (χ3v) is 4.97. The minimum atomic E-state index is -0.481. The summed E-state index contributed by atoms with van der Waals surface area (Å²) in [5.74, 6) is 0.213. The van der Waals surface area contributed by atoms with Crippen LogP contribution in [0.3, 0.4) is 0 Å². The van der Waals surface area contributed by atoms with Crippen LogP contribution in [0.25, 0.3) is 0 Å². The van der Waals surface area contributed by atoms with Gasteiger partial charge >= 0.3 is 6.09 Å². The summed E-state index contributed by atoms with van der Waals surface area (Å²) in [5.41, 5.74) is -0.481. The van der Waals surface area contributed by atoms with Crippen molar-refractivity contribution in [2.24, 2.45) is 0 Å². The third kappa shape index (κ3) is 9.96. The number of ether oxygens (including phenoxy) is 1. The highest BCUT2D eigenvalue weighted by atomic mass is 16.6. The SMILES string of the molecule is CCCC(=O)N(C)CCCN(CCN1CCN(C(=O)OC(C)(C)C)CC1)C(C)=O. The van der Waals surface area contributed by atoms with E-state index < -0.39 is 5.60 Å². The van der Waals surface area contributed by atoms with Crippen molar-refractivity contribution < 1.29 is 19.1 Å². The van der Waals surface area contributed by atoms with E-state index in [1.54, 1.807) is 16.7 Å². The fourth-order valence-electron chi connectivity index (χ4n) is 3.20. The first-order chi connectivity index (χ1) is 13.5. The average molecular weight is 413 g/mol. The van der Waals surface area contributed by atoms with Crippen LogP contribution in [0.1, 0.15) is 53.9 Å². The zero-order valence-corrected chi connectivity index (χ0v) is 19.2. The number of rotatable bonds is 9. The Labute approximate surface area is 176 Å². The third-order valence-electron chi connectivity index (χ3n) is 4.97. The first kappa shape index (κ1) is 25.2.